The van der Waals surface area contributed by atoms with E-state index in [4.69, 9.17) is 0 Å². The van der Waals surface area contributed by atoms with Crippen molar-refractivity contribution in [3.8, 4) is 0 Å². The molecule has 2 N–H and O–H groups in total. The van der Waals surface area contributed by atoms with Gasteiger partial charge in [-0.25, -0.2) is 0 Å². The topological polar surface area (TPSA) is 37.0 Å². The predicted octanol–water partition coefficient (Wildman–Crippen LogP) is 1.49. The Morgan fingerprint density at radius 2 is 2.50 bits per heavy atom. The van der Waals surface area contributed by atoms with Crippen LogP contribution in [0.25, 0.3) is 0 Å². The molecule has 0 bridgehead atoms. The lowest BCUT2D eigenvalue weighted by atomic mass is 10.1. The van der Waals surface area contributed by atoms with Gasteiger partial charge in [0.05, 0.1) is 5.69 Å². The Morgan fingerprint density at radius 3 is 3.25 bits per heavy atom. The van der Waals surface area contributed by atoms with E-state index in [1.807, 2.05) is 12.3 Å². The third-order valence-electron chi connectivity index (χ3n) is 3.21. The summed E-state index contributed by atoms with van der Waals surface area (Å²) in [5, 5.41) is 6.98. The molecule has 1 aromatic rings. The van der Waals surface area contributed by atoms with Crippen LogP contribution in [0, 0.1) is 0 Å². The van der Waals surface area contributed by atoms with Gasteiger partial charge in [-0.2, -0.15) is 0 Å². The van der Waals surface area contributed by atoms with Crippen molar-refractivity contribution in [2.24, 2.45) is 0 Å². The van der Waals surface area contributed by atoms with Gasteiger partial charge in [0.2, 0.25) is 0 Å². The van der Waals surface area contributed by atoms with Crippen LogP contribution in [0.4, 0.5) is 0 Å². The Bertz CT molecular complexity index is 319. The molecule has 88 valence electrons. The normalized spacial score (nSPS) is 20.2. The quantitative estimate of drug-likeness (QED) is 0.787. The molecule has 2 heterocycles. The summed E-state index contributed by atoms with van der Waals surface area (Å²) in [6, 6.07) is 4.84. The average Bonchev–Trinajstić information content (AvgIpc) is 2.83. The van der Waals surface area contributed by atoms with Crippen LogP contribution in [0.3, 0.4) is 0 Å². The van der Waals surface area contributed by atoms with Crippen LogP contribution in [-0.4, -0.2) is 24.1 Å². The average molecular weight is 219 g/mol. The summed E-state index contributed by atoms with van der Waals surface area (Å²) in [7, 11) is 0. The second-order valence-electron chi connectivity index (χ2n) is 4.39. The number of hydrogen-bond donors (Lipinski definition) is 2. The van der Waals surface area contributed by atoms with Crippen molar-refractivity contribution in [3.63, 3.8) is 0 Å². The molecule has 0 aromatic carbocycles. The third-order valence-corrected chi connectivity index (χ3v) is 3.21. The molecule has 1 saturated heterocycles. The number of pyridine rings is 1. The molecule has 3 heteroatoms. The molecule has 3 nitrogen and oxygen atoms in total. The molecule has 1 aliphatic rings. The van der Waals surface area contributed by atoms with Crippen molar-refractivity contribution >= 4 is 0 Å². The lowest BCUT2D eigenvalue weighted by molar-refractivity contribution is 0.531. The summed E-state index contributed by atoms with van der Waals surface area (Å²) in [5.41, 5.74) is 2.55. The molecule has 0 amide bonds. The number of nitrogens with zero attached hydrogens (tertiary/aromatic N) is 1. The zero-order chi connectivity index (χ0) is 11.2. The van der Waals surface area contributed by atoms with E-state index in [0.717, 1.165) is 19.5 Å². The molecular weight excluding hydrogens is 198 g/mol. The molecule has 16 heavy (non-hydrogen) atoms. The standard InChI is InChI=1S/C13H21N3/c1-2-11-5-3-8-16-13(11)10-14-9-12-6-4-7-15-12/h3,5,8,12,14-15H,2,4,6-7,9-10H2,1H3. The van der Waals surface area contributed by atoms with E-state index in [2.05, 4.69) is 28.6 Å². The van der Waals surface area contributed by atoms with Crippen molar-refractivity contribution in [1.29, 1.82) is 0 Å². The van der Waals surface area contributed by atoms with Crippen LogP contribution in [0.1, 0.15) is 31.0 Å². The Balaban J connectivity index is 1.79. The fourth-order valence-electron chi connectivity index (χ4n) is 2.25. The van der Waals surface area contributed by atoms with Crippen LogP contribution in [0.15, 0.2) is 18.3 Å². The predicted molar refractivity (Wildman–Crippen MR) is 66.3 cm³/mol. The molecule has 1 atom stereocenters. The summed E-state index contributed by atoms with van der Waals surface area (Å²) < 4.78 is 0. The summed E-state index contributed by atoms with van der Waals surface area (Å²) in [4.78, 5) is 4.43. The van der Waals surface area contributed by atoms with Crippen molar-refractivity contribution < 1.29 is 0 Å². The summed E-state index contributed by atoms with van der Waals surface area (Å²) in [6.45, 7) is 5.30. The first-order valence-electron chi connectivity index (χ1n) is 6.27. The van der Waals surface area contributed by atoms with Crippen molar-refractivity contribution in [2.75, 3.05) is 13.1 Å². The fraction of sp³-hybridized carbons (Fsp3) is 0.615. The van der Waals surface area contributed by atoms with Gasteiger partial charge in [-0.1, -0.05) is 13.0 Å². The SMILES string of the molecule is CCc1cccnc1CNCC1CCCN1. The highest BCUT2D eigenvalue weighted by molar-refractivity contribution is 5.19. The van der Waals surface area contributed by atoms with Crippen LogP contribution in [0.2, 0.25) is 0 Å². The number of hydrogen-bond acceptors (Lipinski definition) is 3. The van der Waals surface area contributed by atoms with Gasteiger partial charge in [0.25, 0.3) is 0 Å². The highest BCUT2D eigenvalue weighted by Gasteiger charge is 2.13. The van der Waals surface area contributed by atoms with E-state index >= 15 is 0 Å². The van der Waals surface area contributed by atoms with Gasteiger partial charge < -0.3 is 10.6 Å². The Hall–Kier alpha value is -0.930. The smallest absolute Gasteiger partial charge is 0.0573 e. The second kappa shape index (κ2) is 5.97. The monoisotopic (exact) mass is 219 g/mol. The molecule has 1 aliphatic heterocycles. The summed E-state index contributed by atoms with van der Waals surface area (Å²) >= 11 is 0. The Morgan fingerprint density at radius 1 is 1.56 bits per heavy atom. The molecular formula is C13H21N3. The van der Waals surface area contributed by atoms with Gasteiger partial charge in [0.1, 0.15) is 0 Å². The first kappa shape index (κ1) is 11.6. The van der Waals surface area contributed by atoms with Crippen molar-refractivity contribution in [1.82, 2.24) is 15.6 Å². The van der Waals surface area contributed by atoms with Crippen LogP contribution < -0.4 is 10.6 Å². The Labute approximate surface area is 97.7 Å². The first-order valence-corrected chi connectivity index (χ1v) is 6.27. The van der Waals surface area contributed by atoms with Gasteiger partial charge in [-0.05, 0) is 37.4 Å². The summed E-state index contributed by atoms with van der Waals surface area (Å²) in [5.74, 6) is 0. The van der Waals surface area contributed by atoms with E-state index in [1.54, 1.807) is 0 Å². The molecule has 0 spiro atoms. The van der Waals surface area contributed by atoms with E-state index in [0.29, 0.717) is 6.04 Å². The molecule has 0 radical (unpaired) electrons. The molecule has 1 unspecified atom stereocenters. The molecule has 0 saturated carbocycles. The largest absolute Gasteiger partial charge is 0.313 e. The molecule has 1 fully saturated rings. The van der Waals surface area contributed by atoms with Crippen LogP contribution in [-0.2, 0) is 13.0 Å². The number of aryl methyl sites for hydroxylation is 1. The van der Waals surface area contributed by atoms with E-state index in [9.17, 15) is 0 Å². The maximum atomic E-state index is 4.43. The van der Waals surface area contributed by atoms with Gasteiger partial charge in [-0.15, -0.1) is 0 Å². The zero-order valence-corrected chi connectivity index (χ0v) is 10.00. The highest BCUT2D eigenvalue weighted by atomic mass is 15.0. The molecule has 2 rings (SSSR count). The lowest BCUT2D eigenvalue weighted by Gasteiger charge is -2.12. The van der Waals surface area contributed by atoms with E-state index in [1.165, 1.54) is 30.6 Å². The Kier molecular flexibility index (Phi) is 4.31. The van der Waals surface area contributed by atoms with Gasteiger partial charge in [0.15, 0.2) is 0 Å². The minimum Gasteiger partial charge on any atom is -0.313 e. The number of nitrogens with one attached hydrogen (secondary N) is 2. The van der Waals surface area contributed by atoms with Crippen LogP contribution in [0.5, 0.6) is 0 Å². The van der Waals surface area contributed by atoms with E-state index < -0.39 is 0 Å². The van der Waals surface area contributed by atoms with Gasteiger partial charge in [-0.3, -0.25) is 4.98 Å². The van der Waals surface area contributed by atoms with E-state index in [-0.39, 0.29) is 0 Å². The van der Waals surface area contributed by atoms with Gasteiger partial charge in [0, 0.05) is 25.3 Å². The third kappa shape index (κ3) is 3.03. The maximum absolute atomic E-state index is 4.43. The second-order valence-corrected chi connectivity index (χ2v) is 4.39. The maximum Gasteiger partial charge on any atom is 0.0573 e. The highest BCUT2D eigenvalue weighted by Crippen LogP contribution is 2.07. The lowest BCUT2D eigenvalue weighted by Crippen LogP contribution is -2.33. The minimum absolute atomic E-state index is 0.661. The fourth-order valence-corrected chi connectivity index (χ4v) is 2.25. The zero-order valence-electron chi connectivity index (χ0n) is 10.00. The minimum atomic E-state index is 0.661. The first-order chi connectivity index (χ1) is 7.90. The van der Waals surface area contributed by atoms with Crippen LogP contribution >= 0.6 is 0 Å². The molecule has 1 aromatic heterocycles. The number of rotatable bonds is 5. The van der Waals surface area contributed by atoms with Crippen molar-refractivity contribution in [2.45, 2.75) is 38.8 Å². The molecule has 0 aliphatic carbocycles. The number of aromatic nitrogens is 1. The van der Waals surface area contributed by atoms with Gasteiger partial charge >= 0.3 is 0 Å². The van der Waals surface area contributed by atoms with Crippen molar-refractivity contribution in [3.05, 3.63) is 29.6 Å². The summed E-state index contributed by atoms with van der Waals surface area (Å²) in [6.07, 6.45) is 5.56.